The summed E-state index contributed by atoms with van der Waals surface area (Å²) in [5.74, 6) is 2.32. The molecule has 4 saturated heterocycles. The third kappa shape index (κ3) is 3.34. The average Bonchev–Trinajstić information content (AvgIpc) is 3.27. The van der Waals surface area contributed by atoms with Gasteiger partial charge in [0, 0.05) is 52.5 Å². The second kappa shape index (κ2) is 8.31. The van der Waals surface area contributed by atoms with E-state index in [0.29, 0.717) is 36.2 Å². The molecule has 0 aromatic carbocycles. The first-order valence-electron chi connectivity index (χ1n) is 13.3. The van der Waals surface area contributed by atoms with Crippen molar-refractivity contribution < 1.29 is 19.1 Å². The molecule has 2 saturated carbocycles. The van der Waals surface area contributed by atoms with Crippen LogP contribution in [0.3, 0.4) is 0 Å². The van der Waals surface area contributed by atoms with Gasteiger partial charge >= 0.3 is 12.0 Å². The minimum Gasteiger partial charge on any atom is -0.449 e. The number of hydrogen-bond acceptors (Lipinski definition) is 7. The van der Waals surface area contributed by atoms with E-state index in [1.54, 1.807) is 6.08 Å². The second-order valence-corrected chi connectivity index (χ2v) is 14.0. The first kappa shape index (κ1) is 22.8. The van der Waals surface area contributed by atoms with E-state index >= 15 is 0 Å². The number of urea groups is 1. The highest BCUT2D eigenvalue weighted by atomic mass is 32.2. The number of carbonyl (C=O) groups excluding carboxylic acids is 3. The van der Waals surface area contributed by atoms with Gasteiger partial charge in [0.2, 0.25) is 5.91 Å². The van der Waals surface area contributed by atoms with E-state index in [0.717, 1.165) is 50.2 Å². The van der Waals surface area contributed by atoms with Crippen LogP contribution in [0.1, 0.15) is 51.4 Å². The Labute approximate surface area is 214 Å². The van der Waals surface area contributed by atoms with E-state index in [1.165, 1.54) is 18.4 Å². The van der Waals surface area contributed by atoms with E-state index in [-0.39, 0.29) is 40.3 Å². The molecule has 7 rings (SSSR count). The van der Waals surface area contributed by atoms with E-state index in [4.69, 9.17) is 4.74 Å². The molecule has 0 radical (unpaired) electrons. The van der Waals surface area contributed by atoms with Gasteiger partial charge in [-0.25, -0.2) is 9.59 Å². The minimum absolute atomic E-state index is 0.0404. The molecule has 0 aromatic heterocycles. The van der Waals surface area contributed by atoms with Gasteiger partial charge in [-0.05, 0) is 44.2 Å². The van der Waals surface area contributed by atoms with Crippen LogP contribution in [-0.4, -0.2) is 87.2 Å². The van der Waals surface area contributed by atoms with Crippen molar-refractivity contribution in [1.29, 1.82) is 0 Å². The number of ether oxygens (including phenoxy) is 1. The summed E-state index contributed by atoms with van der Waals surface area (Å²) in [6.45, 7) is 1.82. The monoisotopic (exact) mass is 518 g/mol. The molecule has 0 aromatic rings. The summed E-state index contributed by atoms with van der Waals surface area (Å²) in [6.07, 6.45) is 9.88. The third-order valence-electron chi connectivity index (χ3n) is 9.50. The van der Waals surface area contributed by atoms with Crippen molar-refractivity contribution in [1.82, 2.24) is 20.9 Å². The van der Waals surface area contributed by atoms with Crippen LogP contribution in [-0.2, 0) is 14.3 Å². The summed E-state index contributed by atoms with van der Waals surface area (Å²) >= 11 is 3.93. The average molecular weight is 519 g/mol. The molecule has 8 nitrogen and oxygen atoms in total. The number of thioether (sulfide) groups is 2. The molecule has 3 amide bonds. The number of nitrogens with zero attached hydrogens (tertiary/aromatic N) is 1. The normalized spacial score (nSPS) is 44.1. The molecule has 5 aliphatic heterocycles. The largest absolute Gasteiger partial charge is 0.449 e. The van der Waals surface area contributed by atoms with Crippen molar-refractivity contribution in [2.45, 2.75) is 91.1 Å². The third-order valence-corrected chi connectivity index (χ3v) is 12.6. The van der Waals surface area contributed by atoms with Crippen LogP contribution in [0.15, 0.2) is 11.6 Å². The highest BCUT2D eigenvalue weighted by Gasteiger charge is 2.88. The molecule has 190 valence electrons. The fourth-order valence-corrected chi connectivity index (χ4v) is 11.4. The standard InChI is InChI=1S/C25H34N4O4S2/c30-18(7-2-1-5-16-20-15(13-34-16)27-23(32)28-20)26-8-10-35-24-12-14-11-19(31)33-25(14)17-6-3-4-9-29(17)22(24)21(24)25/h11,15-17,20-22H,1-10,12-13H2,(H,26,30)(H2,27,28,32)/t15-,16-,17?,20-,21?,22-,24-,25-/m0/s1. The zero-order valence-electron chi connectivity index (χ0n) is 19.9. The number of hydrogen-bond donors (Lipinski definition) is 3. The van der Waals surface area contributed by atoms with Crippen molar-refractivity contribution in [2.75, 3.05) is 24.6 Å². The number of nitrogens with one attached hydrogen (secondary N) is 3. The Bertz CT molecular complexity index is 993. The fourth-order valence-electron chi connectivity index (χ4n) is 8.21. The van der Waals surface area contributed by atoms with Gasteiger partial charge in [0.1, 0.15) is 0 Å². The Morgan fingerprint density at radius 1 is 1.29 bits per heavy atom. The second-order valence-electron chi connectivity index (χ2n) is 11.3. The zero-order chi connectivity index (χ0) is 23.8. The molecule has 0 bridgehead atoms. The smallest absolute Gasteiger partial charge is 0.331 e. The highest BCUT2D eigenvalue weighted by molar-refractivity contribution is 8.01. The van der Waals surface area contributed by atoms with Crippen molar-refractivity contribution in [3.63, 3.8) is 0 Å². The van der Waals surface area contributed by atoms with Gasteiger partial charge in [0.25, 0.3) is 0 Å². The van der Waals surface area contributed by atoms with Crippen molar-refractivity contribution in [2.24, 2.45) is 5.92 Å². The van der Waals surface area contributed by atoms with Gasteiger partial charge in [-0.3, -0.25) is 9.69 Å². The van der Waals surface area contributed by atoms with Crippen LogP contribution in [0.4, 0.5) is 4.79 Å². The number of rotatable bonds is 9. The van der Waals surface area contributed by atoms with Crippen LogP contribution >= 0.6 is 23.5 Å². The first-order chi connectivity index (χ1) is 17.0. The Kier molecular flexibility index (Phi) is 5.41. The van der Waals surface area contributed by atoms with Gasteiger partial charge < -0.3 is 20.7 Å². The molecule has 7 aliphatic rings. The van der Waals surface area contributed by atoms with Crippen LogP contribution in [0.2, 0.25) is 0 Å². The summed E-state index contributed by atoms with van der Waals surface area (Å²) in [6, 6.07) is 1.39. The predicted molar refractivity (Wildman–Crippen MR) is 135 cm³/mol. The number of piperidine rings is 2. The lowest BCUT2D eigenvalue weighted by Crippen LogP contribution is -2.52. The Morgan fingerprint density at radius 2 is 2.20 bits per heavy atom. The lowest BCUT2D eigenvalue weighted by molar-refractivity contribution is -0.150. The molecular formula is C25H34N4O4S2. The van der Waals surface area contributed by atoms with Gasteiger partial charge in [-0.15, -0.1) is 0 Å². The SMILES string of the molecule is O=C(CCCC[C@@H]1SC[C@@H]2NC(=O)N[C@@H]21)NCCS[C@]12CC3=CC(=O)O[C@]34C3CCCCN3[C@H]1C42. The highest BCUT2D eigenvalue weighted by Crippen LogP contribution is 2.79. The topological polar surface area (TPSA) is 99.8 Å². The number of unbranched alkanes of at least 4 members (excludes halogenated alkanes) is 1. The summed E-state index contributed by atoms with van der Waals surface area (Å²) in [7, 11) is 0. The summed E-state index contributed by atoms with van der Waals surface area (Å²) < 4.78 is 6.27. The fraction of sp³-hybridized carbons (Fsp3) is 0.800. The van der Waals surface area contributed by atoms with E-state index in [9.17, 15) is 14.4 Å². The maximum Gasteiger partial charge on any atom is 0.331 e. The lowest BCUT2D eigenvalue weighted by Gasteiger charge is -2.40. The molecular weight excluding hydrogens is 484 g/mol. The molecule has 2 unspecified atom stereocenters. The number of carbonyl (C=O) groups is 3. The van der Waals surface area contributed by atoms with E-state index in [1.807, 2.05) is 23.5 Å². The van der Waals surface area contributed by atoms with Gasteiger partial charge in [-0.2, -0.15) is 23.5 Å². The van der Waals surface area contributed by atoms with Crippen LogP contribution in [0.5, 0.6) is 0 Å². The van der Waals surface area contributed by atoms with Crippen molar-refractivity contribution >= 4 is 41.4 Å². The molecule has 1 spiro atoms. The quantitative estimate of drug-likeness (QED) is 0.243. The van der Waals surface area contributed by atoms with Gasteiger partial charge in [0.05, 0.1) is 18.1 Å². The van der Waals surface area contributed by atoms with Crippen LogP contribution in [0.25, 0.3) is 0 Å². The van der Waals surface area contributed by atoms with Crippen molar-refractivity contribution in [3.8, 4) is 0 Å². The lowest BCUT2D eigenvalue weighted by atomic mass is 9.84. The van der Waals surface area contributed by atoms with E-state index in [2.05, 4.69) is 20.9 Å². The molecule has 8 atom stereocenters. The Balaban J connectivity index is 0.854. The maximum absolute atomic E-state index is 12.4. The van der Waals surface area contributed by atoms with Crippen molar-refractivity contribution in [3.05, 3.63) is 11.6 Å². The van der Waals surface area contributed by atoms with Gasteiger partial charge in [-0.1, -0.05) is 12.8 Å². The summed E-state index contributed by atoms with van der Waals surface area (Å²) in [4.78, 5) is 38.7. The molecule has 6 fully saturated rings. The predicted octanol–water partition coefficient (Wildman–Crippen LogP) is 1.79. The molecule has 35 heavy (non-hydrogen) atoms. The minimum atomic E-state index is -0.340. The number of fused-ring (bicyclic) bond motifs is 4. The Morgan fingerprint density at radius 3 is 3.11 bits per heavy atom. The molecule has 10 heteroatoms. The number of esters is 1. The van der Waals surface area contributed by atoms with Gasteiger partial charge in [0.15, 0.2) is 5.60 Å². The molecule has 2 aliphatic carbocycles. The Hall–Kier alpha value is -1.39. The van der Waals surface area contributed by atoms with E-state index < -0.39 is 0 Å². The zero-order valence-corrected chi connectivity index (χ0v) is 21.6. The summed E-state index contributed by atoms with van der Waals surface area (Å²) in [5, 5.41) is 9.60. The molecule has 5 heterocycles. The molecule has 3 N–H and O–H groups in total. The van der Waals surface area contributed by atoms with Crippen LogP contribution in [0, 0.1) is 5.92 Å². The first-order valence-corrected chi connectivity index (χ1v) is 15.4. The maximum atomic E-state index is 12.4. The summed E-state index contributed by atoms with van der Waals surface area (Å²) in [5.41, 5.74) is 0.905. The van der Waals surface area contributed by atoms with Crippen LogP contribution < -0.4 is 16.0 Å². The number of amides is 3.